The minimum atomic E-state index is -1.02. The number of halogens is 2. The highest BCUT2D eigenvalue weighted by molar-refractivity contribution is 9.10. The van der Waals surface area contributed by atoms with Crippen LogP contribution in [-0.2, 0) is 15.3 Å². The molecule has 1 amide bonds. The number of amides is 1. The van der Waals surface area contributed by atoms with E-state index in [1.54, 1.807) is 54.6 Å². The number of ketones is 1. The second-order valence-electron chi connectivity index (χ2n) is 7.42. The largest absolute Gasteiger partial charge is 0.507 e. The molecule has 1 N–H and O–H groups in total. The lowest BCUT2D eigenvalue weighted by Gasteiger charge is -2.20. The standard InChI is InChI=1S/C24H15BrFN3O4S2/c25-15-9-7-13(8-10-15)20(30)18-19(17-6-3-11-33-17)29(22(32)21(18)31)23-27-28-24(35-23)34-12-14-4-1-2-5-16(14)26/h1-11,19,30H,12H2/b20-18-. The molecule has 35 heavy (non-hydrogen) atoms. The van der Waals surface area contributed by atoms with Crippen LogP contribution in [0.1, 0.15) is 22.9 Å². The normalized spacial score (nSPS) is 17.3. The van der Waals surface area contributed by atoms with Gasteiger partial charge in [-0.3, -0.25) is 14.5 Å². The number of furan rings is 1. The van der Waals surface area contributed by atoms with E-state index in [1.165, 1.54) is 29.0 Å². The summed E-state index contributed by atoms with van der Waals surface area (Å²) < 4.78 is 20.8. The molecule has 176 valence electrons. The predicted molar refractivity (Wildman–Crippen MR) is 134 cm³/mol. The number of thioether (sulfide) groups is 1. The van der Waals surface area contributed by atoms with Gasteiger partial charge in [0, 0.05) is 15.8 Å². The van der Waals surface area contributed by atoms with Crippen molar-refractivity contribution < 1.29 is 23.5 Å². The summed E-state index contributed by atoms with van der Waals surface area (Å²) in [4.78, 5) is 27.4. The van der Waals surface area contributed by atoms with Crippen molar-refractivity contribution in [3.8, 4) is 0 Å². The highest BCUT2D eigenvalue weighted by atomic mass is 79.9. The molecule has 1 saturated heterocycles. The molecule has 5 rings (SSSR count). The van der Waals surface area contributed by atoms with Gasteiger partial charge in [-0.2, -0.15) is 0 Å². The Hall–Kier alpha value is -3.28. The molecule has 1 atom stereocenters. The molecule has 3 heterocycles. The van der Waals surface area contributed by atoms with Crippen molar-refractivity contribution in [2.45, 2.75) is 16.1 Å². The van der Waals surface area contributed by atoms with Crippen molar-refractivity contribution in [1.29, 1.82) is 0 Å². The van der Waals surface area contributed by atoms with Crippen molar-refractivity contribution >= 4 is 61.6 Å². The maximum atomic E-state index is 13.9. The number of carbonyl (C=O) groups excluding carboxylic acids is 2. The van der Waals surface area contributed by atoms with E-state index in [1.807, 2.05) is 0 Å². The van der Waals surface area contributed by atoms with Crippen LogP contribution in [0.2, 0.25) is 0 Å². The Morgan fingerprint density at radius 3 is 2.60 bits per heavy atom. The van der Waals surface area contributed by atoms with Gasteiger partial charge in [0.05, 0.1) is 11.8 Å². The number of Topliss-reactive ketones (excluding diaryl/α,β-unsaturated/α-hetero) is 1. The topological polar surface area (TPSA) is 96.5 Å². The van der Waals surface area contributed by atoms with E-state index >= 15 is 0 Å². The minimum absolute atomic E-state index is 0.108. The van der Waals surface area contributed by atoms with Gasteiger partial charge in [-0.25, -0.2) is 4.39 Å². The Kier molecular flexibility index (Phi) is 6.54. The second kappa shape index (κ2) is 9.76. The lowest BCUT2D eigenvalue weighted by molar-refractivity contribution is -0.132. The van der Waals surface area contributed by atoms with E-state index in [-0.39, 0.29) is 22.3 Å². The fourth-order valence-electron chi connectivity index (χ4n) is 3.62. The summed E-state index contributed by atoms with van der Waals surface area (Å²) in [5.74, 6) is -1.74. The van der Waals surface area contributed by atoms with Crippen LogP contribution in [0.5, 0.6) is 0 Å². The molecule has 1 aliphatic rings. The first-order valence-corrected chi connectivity index (χ1v) is 12.8. The average molecular weight is 572 g/mol. The van der Waals surface area contributed by atoms with Crippen LogP contribution < -0.4 is 4.90 Å². The molecule has 2 aromatic carbocycles. The number of benzene rings is 2. The third-order valence-corrected chi connectivity index (χ3v) is 7.92. The minimum Gasteiger partial charge on any atom is -0.507 e. The number of aliphatic hydroxyl groups excluding tert-OH is 1. The number of aliphatic hydroxyl groups is 1. The monoisotopic (exact) mass is 571 g/mol. The zero-order valence-corrected chi connectivity index (χ0v) is 20.9. The van der Waals surface area contributed by atoms with Crippen LogP contribution >= 0.6 is 39.0 Å². The number of hydrogen-bond acceptors (Lipinski definition) is 8. The van der Waals surface area contributed by atoms with E-state index in [9.17, 15) is 19.1 Å². The van der Waals surface area contributed by atoms with Gasteiger partial charge in [0.15, 0.2) is 4.34 Å². The molecule has 2 aromatic heterocycles. The van der Waals surface area contributed by atoms with Crippen molar-refractivity contribution in [2.75, 3.05) is 4.90 Å². The summed E-state index contributed by atoms with van der Waals surface area (Å²) in [6.45, 7) is 0. The molecule has 4 aromatic rings. The Labute approximate surface area is 215 Å². The smallest absolute Gasteiger partial charge is 0.302 e. The zero-order valence-electron chi connectivity index (χ0n) is 17.7. The fraction of sp³-hybridized carbons (Fsp3) is 0.0833. The number of aromatic nitrogens is 2. The summed E-state index contributed by atoms with van der Waals surface area (Å²) >= 11 is 5.70. The maximum Gasteiger partial charge on any atom is 0.302 e. The van der Waals surface area contributed by atoms with E-state index < -0.39 is 17.7 Å². The quantitative estimate of drug-likeness (QED) is 0.100. The van der Waals surface area contributed by atoms with Crippen molar-refractivity contribution in [1.82, 2.24) is 10.2 Å². The highest BCUT2D eigenvalue weighted by Crippen LogP contribution is 2.44. The highest BCUT2D eigenvalue weighted by Gasteiger charge is 2.49. The summed E-state index contributed by atoms with van der Waals surface area (Å²) in [6, 6.07) is 15.4. The third-order valence-electron chi connectivity index (χ3n) is 5.29. The summed E-state index contributed by atoms with van der Waals surface area (Å²) in [7, 11) is 0. The number of anilines is 1. The molecule has 0 bridgehead atoms. The maximum absolute atomic E-state index is 13.9. The molecule has 1 unspecified atom stereocenters. The van der Waals surface area contributed by atoms with Crippen LogP contribution in [0.15, 0.2) is 85.7 Å². The fourth-order valence-corrected chi connectivity index (χ4v) is 5.74. The third kappa shape index (κ3) is 4.54. The van der Waals surface area contributed by atoms with E-state index in [2.05, 4.69) is 26.1 Å². The van der Waals surface area contributed by atoms with Crippen LogP contribution in [0.4, 0.5) is 9.52 Å². The molecule has 0 radical (unpaired) electrons. The number of rotatable bonds is 6. The molecule has 0 aliphatic carbocycles. The van der Waals surface area contributed by atoms with Gasteiger partial charge in [0.1, 0.15) is 23.4 Å². The van der Waals surface area contributed by atoms with Crippen molar-refractivity contribution in [3.05, 3.63) is 99.7 Å². The molecule has 1 fully saturated rings. The Balaban J connectivity index is 1.51. The first-order valence-electron chi connectivity index (χ1n) is 10.2. The molecular weight excluding hydrogens is 557 g/mol. The number of nitrogens with zero attached hydrogens (tertiary/aromatic N) is 3. The molecular formula is C24H15BrFN3O4S2. The summed E-state index contributed by atoms with van der Waals surface area (Å²) in [5, 5.41) is 19.4. The summed E-state index contributed by atoms with van der Waals surface area (Å²) in [6.07, 6.45) is 1.42. The van der Waals surface area contributed by atoms with Crippen molar-refractivity contribution in [2.24, 2.45) is 0 Å². The van der Waals surface area contributed by atoms with Gasteiger partial charge >= 0.3 is 5.91 Å². The molecule has 1 aliphatic heterocycles. The predicted octanol–water partition coefficient (Wildman–Crippen LogP) is 5.95. The van der Waals surface area contributed by atoms with Gasteiger partial charge in [-0.15, -0.1) is 10.2 Å². The van der Waals surface area contributed by atoms with E-state index in [4.69, 9.17) is 4.42 Å². The first kappa shape index (κ1) is 23.5. The molecule has 11 heteroatoms. The molecule has 7 nitrogen and oxygen atoms in total. The van der Waals surface area contributed by atoms with Crippen LogP contribution in [0.3, 0.4) is 0 Å². The lowest BCUT2D eigenvalue weighted by atomic mass is 9.99. The van der Waals surface area contributed by atoms with Crippen molar-refractivity contribution in [3.63, 3.8) is 0 Å². The average Bonchev–Trinajstić information content (AvgIpc) is 3.60. The Bertz CT molecular complexity index is 1440. The van der Waals surface area contributed by atoms with E-state index in [0.29, 0.717) is 27.0 Å². The second-order valence-corrected chi connectivity index (χ2v) is 10.5. The Morgan fingerprint density at radius 1 is 1.11 bits per heavy atom. The van der Waals surface area contributed by atoms with Gasteiger partial charge in [-0.05, 0) is 35.9 Å². The van der Waals surface area contributed by atoms with Crippen LogP contribution in [0.25, 0.3) is 5.76 Å². The SMILES string of the molecule is O=C1C(=O)N(c2nnc(SCc3ccccc3F)s2)C(c2ccco2)/C1=C(/O)c1ccc(Br)cc1. The van der Waals surface area contributed by atoms with Gasteiger partial charge in [0.2, 0.25) is 5.13 Å². The first-order chi connectivity index (χ1) is 16.9. The number of hydrogen-bond donors (Lipinski definition) is 1. The Morgan fingerprint density at radius 2 is 1.89 bits per heavy atom. The molecule has 0 spiro atoms. The number of carbonyl (C=O) groups is 2. The van der Waals surface area contributed by atoms with Gasteiger partial charge < -0.3 is 9.52 Å². The lowest BCUT2D eigenvalue weighted by Crippen LogP contribution is -2.29. The summed E-state index contributed by atoms with van der Waals surface area (Å²) in [5.41, 5.74) is 0.781. The van der Waals surface area contributed by atoms with Crippen LogP contribution in [0, 0.1) is 5.82 Å². The van der Waals surface area contributed by atoms with Crippen LogP contribution in [-0.4, -0.2) is 27.0 Å². The van der Waals surface area contributed by atoms with Gasteiger partial charge in [-0.1, -0.05) is 69.4 Å². The van der Waals surface area contributed by atoms with Gasteiger partial charge in [0.25, 0.3) is 5.78 Å². The van der Waals surface area contributed by atoms with E-state index in [0.717, 1.165) is 15.8 Å². The molecule has 0 saturated carbocycles. The zero-order chi connectivity index (χ0) is 24.5.